The van der Waals surface area contributed by atoms with Crippen LogP contribution >= 0.6 is 23.4 Å². The molecule has 1 fully saturated rings. The third-order valence-corrected chi connectivity index (χ3v) is 5.37. The molecule has 20 heavy (non-hydrogen) atoms. The van der Waals surface area contributed by atoms with Crippen molar-refractivity contribution in [2.45, 2.75) is 75.1 Å². The van der Waals surface area contributed by atoms with Gasteiger partial charge in [0, 0.05) is 27.3 Å². The molecule has 0 bridgehead atoms. The average molecular weight is 312 g/mol. The quantitative estimate of drug-likeness (QED) is 0.770. The zero-order valence-electron chi connectivity index (χ0n) is 12.8. The zero-order valence-corrected chi connectivity index (χ0v) is 14.4. The molecular formula is C17H26ClNS. The summed E-state index contributed by atoms with van der Waals surface area (Å²) in [6, 6.07) is 6.54. The van der Waals surface area contributed by atoms with E-state index in [9.17, 15) is 0 Å². The van der Waals surface area contributed by atoms with E-state index in [0.717, 1.165) is 16.8 Å². The molecule has 1 aliphatic rings. The fraction of sp³-hybridized carbons (Fsp3) is 0.647. The molecule has 0 heterocycles. The van der Waals surface area contributed by atoms with Crippen LogP contribution < -0.4 is 5.32 Å². The van der Waals surface area contributed by atoms with Gasteiger partial charge in [-0.1, -0.05) is 36.9 Å². The van der Waals surface area contributed by atoms with Crippen LogP contribution in [0.4, 0.5) is 0 Å². The molecule has 2 rings (SSSR count). The first-order valence-electron chi connectivity index (χ1n) is 7.64. The van der Waals surface area contributed by atoms with Crippen LogP contribution in [0.3, 0.4) is 0 Å². The van der Waals surface area contributed by atoms with Crippen molar-refractivity contribution in [3.63, 3.8) is 0 Å². The Morgan fingerprint density at radius 2 is 1.90 bits per heavy atom. The maximum absolute atomic E-state index is 6.42. The van der Waals surface area contributed by atoms with Gasteiger partial charge in [0.05, 0.1) is 0 Å². The monoisotopic (exact) mass is 311 g/mol. The summed E-state index contributed by atoms with van der Waals surface area (Å²) in [6.07, 6.45) is 6.90. The molecule has 0 amide bonds. The Balaban J connectivity index is 1.94. The van der Waals surface area contributed by atoms with Crippen LogP contribution in [0.25, 0.3) is 0 Å². The van der Waals surface area contributed by atoms with E-state index in [2.05, 4.69) is 44.3 Å². The lowest BCUT2D eigenvalue weighted by atomic mass is 10.0. The van der Waals surface area contributed by atoms with Gasteiger partial charge in [-0.3, -0.25) is 0 Å². The van der Waals surface area contributed by atoms with E-state index in [1.54, 1.807) is 0 Å². The van der Waals surface area contributed by atoms with Gasteiger partial charge in [-0.2, -0.15) is 0 Å². The summed E-state index contributed by atoms with van der Waals surface area (Å²) in [5.74, 6) is 0. The normalized spacial score (nSPS) is 17.4. The molecule has 1 aromatic rings. The van der Waals surface area contributed by atoms with Gasteiger partial charge in [0.25, 0.3) is 0 Å². The number of halogens is 1. The molecule has 0 aromatic heterocycles. The first-order valence-corrected chi connectivity index (χ1v) is 8.90. The maximum Gasteiger partial charge on any atom is 0.0462 e. The maximum atomic E-state index is 6.42. The van der Waals surface area contributed by atoms with Gasteiger partial charge in [0.15, 0.2) is 0 Å². The topological polar surface area (TPSA) is 12.0 Å². The Kier molecular flexibility index (Phi) is 5.83. The van der Waals surface area contributed by atoms with Crippen molar-refractivity contribution in [3.05, 3.63) is 28.8 Å². The Labute approximate surface area is 132 Å². The molecule has 0 atom stereocenters. The van der Waals surface area contributed by atoms with Gasteiger partial charge in [0.1, 0.15) is 0 Å². The van der Waals surface area contributed by atoms with Crippen molar-refractivity contribution >= 4 is 23.4 Å². The number of hydrogen-bond acceptors (Lipinski definition) is 2. The Morgan fingerprint density at radius 1 is 1.20 bits per heavy atom. The minimum Gasteiger partial charge on any atom is -0.308 e. The fourth-order valence-corrected chi connectivity index (χ4v) is 4.08. The minimum atomic E-state index is 0.124. The molecule has 0 saturated heterocycles. The smallest absolute Gasteiger partial charge is 0.0462 e. The van der Waals surface area contributed by atoms with Crippen LogP contribution in [0.5, 0.6) is 0 Å². The number of nitrogens with one attached hydrogen (secondary N) is 1. The second-order valence-electron chi connectivity index (χ2n) is 6.73. The van der Waals surface area contributed by atoms with E-state index in [1.807, 2.05) is 11.8 Å². The Hall–Kier alpha value is -0.180. The largest absolute Gasteiger partial charge is 0.308 e. The summed E-state index contributed by atoms with van der Waals surface area (Å²) in [5.41, 5.74) is 1.31. The molecule has 0 aliphatic heterocycles. The van der Waals surface area contributed by atoms with Crippen molar-refractivity contribution in [1.82, 2.24) is 5.32 Å². The third kappa shape index (κ3) is 5.31. The van der Waals surface area contributed by atoms with Gasteiger partial charge in [-0.15, -0.1) is 11.8 Å². The van der Waals surface area contributed by atoms with Gasteiger partial charge < -0.3 is 5.32 Å². The highest BCUT2D eigenvalue weighted by Crippen LogP contribution is 2.35. The molecule has 1 aliphatic carbocycles. The summed E-state index contributed by atoms with van der Waals surface area (Å²) in [4.78, 5) is 1.32. The van der Waals surface area contributed by atoms with Crippen LogP contribution in [-0.2, 0) is 6.54 Å². The lowest BCUT2D eigenvalue weighted by molar-refractivity contribution is 0.424. The number of thioether (sulfide) groups is 1. The molecule has 1 aromatic carbocycles. The second-order valence-corrected chi connectivity index (χ2v) is 8.52. The summed E-state index contributed by atoms with van der Waals surface area (Å²) in [5, 5.41) is 5.17. The molecule has 0 spiro atoms. The van der Waals surface area contributed by atoms with E-state index in [0.29, 0.717) is 0 Å². The highest BCUT2D eigenvalue weighted by molar-refractivity contribution is 8.00. The van der Waals surface area contributed by atoms with Crippen molar-refractivity contribution in [2.75, 3.05) is 0 Å². The van der Waals surface area contributed by atoms with Crippen LogP contribution in [-0.4, -0.2) is 10.8 Å². The summed E-state index contributed by atoms with van der Waals surface area (Å²) in [6.45, 7) is 7.35. The molecule has 1 nitrogen and oxygen atoms in total. The van der Waals surface area contributed by atoms with Crippen LogP contribution in [0, 0.1) is 0 Å². The lowest BCUT2D eigenvalue weighted by Gasteiger charge is -2.22. The van der Waals surface area contributed by atoms with Crippen molar-refractivity contribution in [3.8, 4) is 0 Å². The first-order chi connectivity index (χ1) is 9.44. The van der Waals surface area contributed by atoms with E-state index in [-0.39, 0.29) is 5.54 Å². The SMILES string of the molecule is CC(C)(C)NCc1ccc(SC2CCCCC2)cc1Cl. The van der Waals surface area contributed by atoms with Gasteiger partial charge >= 0.3 is 0 Å². The number of rotatable bonds is 4. The highest BCUT2D eigenvalue weighted by Gasteiger charge is 2.15. The molecule has 1 N–H and O–H groups in total. The molecule has 3 heteroatoms. The minimum absolute atomic E-state index is 0.124. The van der Waals surface area contributed by atoms with Crippen molar-refractivity contribution in [1.29, 1.82) is 0 Å². The van der Waals surface area contributed by atoms with Crippen LogP contribution in [0.15, 0.2) is 23.1 Å². The van der Waals surface area contributed by atoms with E-state index in [1.165, 1.54) is 42.6 Å². The molecule has 0 unspecified atom stereocenters. The van der Waals surface area contributed by atoms with E-state index in [4.69, 9.17) is 11.6 Å². The molecule has 1 saturated carbocycles. The van der Waals surface area contributed by atoms with Crippen molar-refractivity contribution in [2.24, 2.45) is 0 Å². The summed E-state index contributed by atoms with van der Waals surface area (Å²) < 4.78 is 0. The standard InChI is InChI=1S/C17H26ClNS/c1-17(2,3)19-12-13-9-10-15(11-16(13)18)20-14-7-5-4-6-8-14/h9-11,14,19H,4-8,12H2,1-3H3. The Morgan fingerprint density at radius 3 is 2.50 bits per heavy atom. The first kappa shape index (κ1) is 16.2. The highest BCUT2D eigenvalue weighted by atomic mass is 35.5. The molecule has 112 valence electrons. The number of hydrogen-bond donors (Lipinski definition) is 1. The molecule has 0 radical (unpaired) electrons. The third-order valence-electron chi connectivity index (χ3n) is 3.69. The number of benzene rings is 1. The van der Waals surface area contributed by atoms with Crippen LogP contribution in [0.1, 0.15) is 58.4 Å². The van der Waals surface area contributed by atoms with Crippen molar-refractivity contribution < 1.29 is 0 Å². The molecular weight excluding hydrogens is 286 g/mol. The van der Waals surface area contributed by atoms with E-state index >= 15 is 0 Å². The van der Waals surface area contributed by atoms with Gasteiger partial charge in [0.2, 0.25) is 0 Å². The predicted molar refractivity (Wildman–Crippen MR) is 90.8 cm³/mol. The van der Waals surface area contributed by atoms with Gasteiger partial charge in [-0.25, -0.2) is 0 Å². The van der Waals surface area contributed by atoms with E-state index < -0.39 is 0 Å². The predicted octanol–water partition coefficient (Wildman–Crippen LogP) is 5.65. The van der Waals surface area contributed by atoms with Gasteiger partial charge in [-0.05, 0) is 51.3 Å². The average Bonchev–Trinajstić information content (AvgIpc) is 2.38. The second kappa shape index (κ2) is 7.20. The summed E-state index contributed by atoms with van der Waals surface area (Å²) >= 11 is 8.43. The fourth-order valence-electron chi connectivity index (χ4n) is 2.48. The lowest BCUT2D eigenvalue weighted by Crippen LogP contribution is -2.35. The zero-order chi connectivity index (χ0) is 14.6. The summed E-state index contributed by atoms with van der Waals surface area (Å²) in [7, 11) is 0. The Bertz CT molecular complexity index is 433. The van der Waals surface area contributed by atoms with Crippen LogP contribution in [0.2, 0.25) is 5.02 Å².